The van der Waals surface area contributed by atoms with E-state index in [0.717, 1.165) is 12.0 Å². The Labute approximate surface area is 302 Å². The summed E-state index contributed by atoms with van der Waals surface area (Å²) in [6, 6.07) is 6.50. The second kappa shape index (κ2) is 19.7. The lowest BCUT2D eigenvalue weighted by atomic mass is 9.89. The highest BCUT2D eigenvalue weighted by Crippen LogP contribution is 2.29. The summed E-state index contributed by atoms with van der Waals surface area (Å²) < 4.78 is 16.7. The number of alkyl carbamates (subject to hydrolysis) is 1. The Balaban J connectivity index is 1.73. The van der Waals surface area contributed by atoms with Gasteiger partial charge in [-0.05, 0) is 36.7 Å². The summed E-state index contributed by atoms with van der Waals surface area (Å²) in [5.74, 6) is -2.24. The van der Waals surface area contributed by atoms with Gasteiger partial charge in [0.25, 0.3) is 0 Å². The van der Waals surface area contributed by atoms with E-state index in [1.807, 2.05) is 58.0 Å². The van der Waals surface area contributed by atoms with Crippen LogP contribution in [-0.2, 0) is 39.8 Å². The number of likely N-dealkylation sites (N-methyl/N-ethyl adjacent to an activating group) is 1. The maximum Gasteiger partial charge on any atom is 0.407 e. The van der Waals surface area contributed by atoms with Crippen LogP contribution in [0.4, 0.5) is 4.79 Å². The standard InChI is InChI=1S/C37H59N5O9/c1-9-23(4)32(41(6)36(47)31(22(2)3)40-35(46)27-21-51-37(48)39-27)29(49-7)19-30(44)42-17-13-16-28(42)33(50-8)24(5)34(45)38-26(20-43)18-25-14-11-10-12-15-25/h10-12,14-15,22-24,26-29,31-33,43H,9,13,16-21H2,1-8H3,(H,38,45)(H,39,48)(H,40,46)/t23-,24+,26-,27-,28-,29+,31-,32-,33+/m0/s1. The Morgan fingerprint density at radius 1 is 1.08 bits per heavy atom. The van der Waals surface area contributed by atoms with Crippen LogP contribution in [0, 0.1) is 17.8 Å². The predicted molar refractivity (Wildman–Crippen MR) is 190 cm³/mol. The summed E-state index contributed by atoms with van der Waals surface area (Å²) in [5.41, 5.74) is 0.995. The van der Waals surface area contributed by atoms with Gasteiger partial charge in [-0.2, -0.15) is 0 Å². The van der Waals surface area contributed by atoms with Gasteiger partial charge in [0.15, 0.2) is 0 Å². The van der Waals surface area contributed by atoms with Gasteiger partial charge >= 0.3 is 6.09 Å². The number of carbonyl (C=O) groups excluding carboxylic acids is 5. The molecule has 3 rings (SSSR count). The summed E-state index contributed by atoms with van der Waals surface area (Å²) in [6.45, 7) is 9.58. The Morgan fingerprint density at radius 2 is 1.76 bits per heavy atom. The number of aliphatic hydroxyl groups excluding tert-OH is 1. The Kier molecular flexibility index (Phi) is 16.1. The second-order valence-electron chi connectivity index (χ2n) is 14.2. The molecule has 0 spiro atoms. The van der Waals surface area contributed by atoms with Crippen LogP contribution in [-0.4, -0.2) is 128 Å². The first-order valence-electron chi connectivity index (χ1n) is 18.1. The van der Waals surface area contributed by atoms with Crippen molar-refractivity contribution >= 4 is 29.7 Å². The smallest absolute Gasteiger partial charge is 0.407 e. The number of carbonyl (C=O) groups is 5. The van der Waals surface area contributed by atoms with Gasteiger partial charge in [0, 0.05) is 27.8 Å². The second-order valence-corrected chi connectivity index (χ2v) is 14.2. The summed E-state index contributed by atoms with van der Waals surface area (Å²) in [6.07, 6.45) is 0.620. The third-order valence-electron chi connectivity index (χ3n) is 10.4. The molecule has 5 amide bonds. The number of aliphatic hydroxyl groups is 1. The van der Waals surface area contributed by atoms with Gasteiger partial charge in [-0.15, -0.1) is 0 Å². The van der Waals surface area contributed by atoms with Crippen LogP contribution in [0.3, 0.4) is 0 Å². The van der Waals surface area contributed by atoms with Gasteiger partial charge in [0.2, 0.25) is 23.6 Å². The molecule has 0 saturated carbocycles. The molecule has 2 saturated heterocycles. The number of nitrogens with zero attached hydrogens (tertiary/aromatic N) is 2. The van der Waals surface area contributed by atoms with Crippen LogP contribution in [0.2, 0.25) is 0 Å². The van der Waals surface area contributed by atoms with Crippen molar-refractivity contribution in [3.05, 3.63) is 35.9 Å². The lowest BCUT2D eigenvalue weighted by Gasteiger charge is -2.41. The number of methoxy groups -OCH3 is 2. The van der Waals surface area contributed by atoms with Gasteiger partial charge in [0.05, 0.1) is 49.3 Å². The van der Waals surface area contributed by atoms with Gasteiger partial charge in [-0.1, -0.05) is 71.4 Å². The lowest BCUT2D eigenvalue weighted by Crippen LogP contribution is -2.59. The summed E-state index contributed by atoms with van der Waals surface area (Å²) in [4.78, 5) is 69.3. The molecule has 4 N–H and O–H groups in total. The van der Waals surface area contributed by atoms with E-state index in [2.05, 4.69) is 16.0 Å². The van der Waals surface area contributed by atoms with Crippen molar-refractivity contribution in [3.63, 3.8) is 0 Å². The Hall–Kier alpha value is -3.75. The molecule has 0 unspecified atom stereocenters. The molecule has 2 aliphatic rings. The van der Waals surface area contributed by atoms with E-state index in [0.29, 0.717) is 25.8 Å². The highest BCUT2D eigenvalue weighted by Gasteiger charge is 2.43. The molecule has 1 aromatic rings. The fraction of sp³-hybridized carbons (Fsp3) is 0.703. The van der Waals surface area contributed by atoms with Gasteiger partial charge in [0.1, 0.15) is 18.7 Å². The van der Waals surface area contributed by atoms with E-state index in [-0.39, 0.29) is 55.2 Å². The fourth-order valence-corrected chi connectivity index (χ4v) is 7.21. The fourth-order valence-electron chi connectivity index (χ4n) is 7.21. The van der Waals surface area contributed by atoms with Crippen molar-refractivity contribution in [2.24, 2.45) is 17.8 Å². The number of likely N-dealkylation sites (tertiary alicyclic amines) is 1. The largest absolute Gasteiger partial charge is 0.447 e. The number of rotatable bonds is 19. The molecule has 9 atom stereocenters. The maximum atomic E-state index is 14.1. The molecule has 14 heteroatoms. The zero-order chi connectivity index (χ0) is 37.8. The van der Waals surface area contributed by atoms with Gasteiger partial charge in [-0.3, -0.25) is 19.2 Å². The molecule has 2 aliphatic heterocycles. The number of benzene rings is 1. The van der Waals surface area contributed by atoms with E-state index in [9.17, 15) is 29.1 Å². The highest BCUT2D eigenvalue weighted by atomic mass is 16.6. The van der Waals surface area contributed by atoms with Crippen molar-refractivity contribution < 1.29 is 43.3 Å². The monoisotopic (exact) mass is 717 g/mol. The van der Waals surface area contributed by atoms with Crippen LogP contribution in [0.1, 0.15) is 65.9 Å². The first-order valence-corrected chi connectivity index (χ1v) is 18.1. The van der Waals surface area contributed by atoms with Crippen molar-refractivity contribution in [2.45, 2.75) is 109 Å². The molecule has 0 bridgehead atoms. The van der Waals surface area contributed by atoms with Crippen molar-refractivity contribution in [1.82, 2.24) is 25.8 Å². The zero-order valence-corrected chi connectivity index (χ0v) is 31.4. The molecule has 51 heavy (non-hydrogen) atoms. The van der Waals surface area contributed by atoms with Gasteiger partial charge in [-0.25, -0.2) is 4.79 Å². The Bertz CT molecular complexity index is 1310. The molecule has 286 valence electrons. The van der Waals surface area contributed by atoms with Crippen molar-refractivity contribution in [2.75, 3.05) is 41.0 Å². The van der Waals surface area contributed by atoms with E-state index in [1.165, 1.54) is 14.2 Å². The molecule has 2 heterocycles. The van der Waals surface area contributed by atoms with Crippen molar-refractivity contribution in [3.8, 4) is 0 Å². The van der Waals surface area contributed by atoms with E-state index < -0.39 is 54.3 Å². The van der Waals surface area contributed by atoms with E-state index >= 15 is 0 Å². The molecule has 0 aliphatic carbocycles. The first kappa shape index (κ1) is 41.7. The van der Waals surface area contributed by atoms with Crippen LogP contribution in [0.25, 0.3) is 0 Å². The number of hydrogen-bond acceptors (Lipinski definition) is 9. The van der Waals surface area contributed by atoms with Crippen molar-refractivity contribution in [1.29, 1.82) is 0 Å². The van der Waals surface area contributed by atoms with Crippen LogP contribution >= 0.6 is 0 Å². The minimum atomic E-state index is -0.893. The Morgan fingerprint density at radius 3 is 2.31 bits per heavy atom. The molecule has 1 aromatic carbocycles. The maximum absolute atomic E-state index is 14.1. The summed E-state index contributed by atoms with van der Waals surface area (Å²) in [5, 5.41) is 18.2. The average molecular weight is 718 g/mol. The van der Waals surface area contributed by atoms with Crippen LogP contribution in [0.15, 0.2) is 30.3 Å². The van der Waals surface area contributed by atoms with Gasteiger partial charge < -0.3 is 45.1 Å². The molecule has 0 radical (unpaired) electrons. The number of hydrogen-bond donors (Lipinski definition) is 4. The van der Waals surface area contributed by atoms with Crippen LogP contribution < -0.4 is 16.0 Å². The highest BCUT2D eigenvalue weighted by molar-refractivity contribution is 5.92. The zero-order valence-electron chi connectivity index (χ0n) is 31.4. The predicted octanol–water partition coefficient (Wildman–Crippen LogP) is 1.88. The van der Waals surface area contributed by atoms with Crippen LogP contribution in [0.5, 0.6) is 0 Å². The minimum Gasteiger partial charge on any atom is -0.447 e. The molecule has 0 aromatic heterocycles. The summed E-state index contributed by atoms with van der Waals surface area (Å²) >= 11 is 0. The summed E-state index contributed by atoms with van der Waals surface area (Å²) in [7, 11) is 4.72. The number of ether oxygens (including phenoxy) is 3. The molecular formula is C37H59N5O9. The third kappa shape index (κ3) is 10.9. The van der Waals surface area contributed by atoms with E-state index in [4.69, 9.17) is 14.2 Å². The number of amides is 5. The third-order valence-corrected chi connectivity index (χ3v) is 10.4. The lowest BCUT2D eigenvalue weighted by molar-refractivity contribution is -0.147. The quantitative estimate of drug-likeness (QED) is 0.167. The molecular weight excluding hydrogens is 658 g/mol. The molecule has 2 fully saturated rings. The average Bonchev–Trinajstić information content (AvgIpc) is 3.79. The SMILES string of the molecule is CC[C@H](C)[C@@H]([C@@H](CC(=O)N1CCC[C@H]1[C@H](OC)[C@@H](C)C(=O)N[C@H](CO)Cc1ccccc1)OC)N(C)C(=O)[C@@H](NC(=O)[C@@H]1COC(=O)N1)C(C)C. The first-order chi connectivity index (χ1) is 24.3. The minimum absolute atomic E-state index is 0.00947. The molecule has 14 nitrogen and oxygen atoms in total. The normalized spacial score (nSPS) is 21.5. The topological polar surface area (TPSA) is 176 Å². The number of nitrogens with one attached hydrogen (secondary N) is 3. The number of cyclic esters (lactones) is 1. The van der Waals surface area contributed by atoms with E-state index in [1.54, 1.807) is 23.8 Å².